The SMILES string of the molecule is CC1(CCC(=O)C2CCCCC2)CC2CCC1C2. The molecular weight excluding hydrogens is 220 g/mol. The normalized spacial score (nSPS) is 40.3. The van der Waals surface area contributed by atoms with Crippen molar-refractivity contribution in [3.8, 4) is 0 Å². The van der Waals surface area contributed by atoms with E-state index in [-0.39, 0.29) is 0 Å². The number of fused-ring (bicyclic) bond motifs is 2. The molecule has 0 aromatic heterocycles. The van der Waals surface area contributed by atoms with Crippen molar-refractivity contribution in [1.29, 1.82) is 0 Å². The first kappa shape index (κ1) is 12.7. The summed E-state index contributed by atoms with van der Waals surface area (Å²) in [5.41, 5.74) is 0.521. The van der Waals surface area contributed by atoms with Gasteiger partial charge in [-0.05, 0) is 55.8 Å². The van der Waals surface area contributed by atoms with Gasteiger partial charge in [-0.25, -0.2) is 0 Å². The van der Waals surface area contributed by atoms with Gasteiger partial charge >= 0.3 is 0 Å². The van der Waals surface area contributed by atoms with Crippen molar-refractivity contribution in [3.63, 3.8) is 0 Å². The fraction of sp³-hybridized carbons (Fsp3) is 0.941. The van der Waals surface area contributed by atoms with Gasteiger partial charge in [-0.2, -0.15) is 0 Å². The van der Waals surface area contributed by atoms with Crippen molar-refractivity contribution >= 4 is 5.78 Å². The van der Waals surface area contributed by atoms with Crippen molar-refractivity contribution in [2.75, 3.05) is 0 Å². The molecule has 1 heteroatoms. The zero-order valence-corrected chi connectivity index (χ0v) is 11.9. The number of hydrogen-bond acceptors (Lipinski definition) is 1. The third-order valence-electron chi connectivity index (χ3n) is 6.28. The largest absolute Gasteiger partial charge is 0.299 e. The van der Waals surface area contributed by atoms with Crippen LogP contribution in [-0.2, 0) is 4.79 Å². The van der Waals surface area contributed by atoms with Crippen LogP contribution in [0.5, 0.6) is 0 Å². The molecule has 0 saturated heterocycles. The molecule has 0 N–H and O–H groups in total. The van der Waals surface area contributed by atoms with Crippen LogP contribution in [0.15, 0.2) is 0 Å². The zero-order chi connectivity index (χ0) is 12.6. The van der Waals surface area contributed by atoms with Crippen LogP contribution in [0, 0.1) is 23.2 Å². The average Bonchev–Trinajstić information content (AvgIpc) is 2.97. The minimum Gasteiger partial charge on any atom is -0.299 e. The maximum Gasteiger partial charge on any atom is 0.135 e. The number of rotatable bonds is 4. The first-order chi connectivity index (χ1) is 8.67. The fourth-order valence-electron chi connectivity index (χ4n) is 5.06. The number of carbonyl (C=O) groups excluding carboxylic acids is 1. The summed E-state index contributed by atoms with van der Waals surface area (Å²) in [6, 6.07) is 0. The van der Waals surface area contributed by atoms with Crippen molar-refractivity contribution in [3.05, 3.63) is 0 Å². The molecule has 0 spiro atoms. The van der Waals surface area contributed by atoms with Crippen molar-refractivity contribution in [1.82, 2.24) is 0 Å². The van der Waals surface area contributed by atoms with Gasteiger partial charge in [-0.1, -0.05) is 32.6 Å². The summed E-state index contributed by atoms with van der Waals surface area (Å²) in [6.45, 7) is 2.46. The van der Waals surface area contributed by atoms with E-state index in [0.717, 1.165) is 18.3 Å². The smallest absolute Gasteiger partial charge is 0.135 e. The van der Waals surface area contributed by atoms with E-state index in [4.69, 9.17) is 0 Å². The Balaban J connectivity index is 1.50. The lowest BCUT2D eigenvalue weighted by atomic mass is 9.70. The minimum atomic E-state index is 0.431. The summed E-state index contributed by atoms with van der Waals surface area (Å²) in [5.74, 6) is 2.98. The van der Waals surface area contributed by atoms with E-state index in [1.165, 1.54) is 64.2 Å². The third-order valence-corrected chi connectivity index (χ3v) is 6.28. The molecule has 0 aromatic rings. The van der Waals surface area contributed by atoms with Gasteiger partial charge in [0.2, 0.25) is 0 Å². The Morgan fingerprint density at radius 3 is 2.50 bits per heavy atom. The Bertz CT molecular complexity index is 316. The molecule has 0 amide bonds. The van der Waals surface area contributed by atoms with E-state index in [0.29, 0.717) is 17.1 Å². The molecule has 102 valence electrons. The lowest BCUT2D eigenvalue weighted by Gasteiger charge is -2.34. The van der Waals surface area contributed by atoms with Gasteiger partial charge in [-0.3, -0.25) is 4.79 Å². The van der Waals surface area contributed by atoms with E-state index < -0.39 is 0 Å². The Morgan fingerprint density at radius 2 is 1.89 bits per heavy atom. The maximum atomic E-state index is 12.3. The molecule has 3 aliphatic rings. The molecule has 0 aromatic carbocycles. The predicted molar refractivity (Wildman–Crippen MR) is 74.4 cm³/mol. The fourth-order valence-corrected chi connectivity index (χ4v) is 5.06. The van der Waals surface area contributed by atoms with Crippen LogP contribution in [0.4, 0.5) is 0 Å². The highest BCUT2D eigenvalue weighted by Gasteiger charge is 2.47. The maximum absolute atomic E-state index is 12.3. The van der Waals surface area contributed by atoms with Crippen LogP contribution >= 0.6 is 0 Å². The predicted octanol–water partition coefficient (Wildman–Crippen LogP) is 4.74. The summed E-state index contributed by atoms with van der Waals surface area (Å²) < 4.78 is 0. The molecule has 3 atom stereocenters. The van der Waals surface area contributed by atoms with Gasteiger partial charge < -0.3 is 0 Å². The van der Waals surface area contributed by atoms with Gasteiger partial charge in [0, 0.05) is 12.3 Å². The second kappa shape index (κ2) is 4.98. The molecule has 3 fully saturated rings. The second-order valence-corrected chi connectivity index (χ2v) is 7.54. The van der Waals surface area contributed by atoms with Crippen molar-refractivity contribution in [2.45, 2.75) is 77.6 Å². The summed E-state index contributed by atoms with van der Waals surface area (Å²) in [7, 11) is 0. The molecule has 18 heavy (non-hydrogen) atoms. The van der Waals surface area contributed by atoms with E-state index in [1.54, 1.807) is 0 Å². The summed E-state index contributed by atoms with van der Waals surface area (Å²) in [5, 5.41) is 0. The Morgan fingerprint density at radius 1 is 1.11 bits per heavy atom. The lowest BCUT2D eigenvalue weighted by molar-refractivity contribution is -0.124. The highest BCUT2D eigenvalue weighted by molar-refractivity contribution is 5.81. The monoisotopic (exact) mass is 248 g/mol. The van der Waals surface area contributed by atoms with Crippen molar-refractivity contribution in [2.24, 2.45) is 23.2 Å². The van der Waals surface area contributed by atoms with Gasteiger partial charge in [0.15, 0.2) is 0 Å². The Hall–Kier alpha value is -0.330. The third kappa shape index (κ3) is 2.38. The van der Waals surface area contributed by atoms with Crippen molar-refractivity contribution < 1.29 is 4.79 Å². The molecule has 0 aliphatic heterocycles. The van der Waals surface area contributed by atoms with E-state index in [2.05, 4.69) is 6.92 Å². The van der Waals surface area contributed by atoms with Gasteiger partial charge in [0.1, 0.15) is 5.78 Å². The van der Waals surface area contributed by atoms with Crippen LogP contribution in [-0.4, -0.2) is 5.78 Å². The Kier molecular flexibility index (Phi) is 3.51. The molecule has 3 aliphatic carbocycles. The Labute approximate surface area is 112 Å². The van der Waals surface area contributed by atoms with Crippen LogP contribution in [0.25, 0.3) is 0 Å². The van der Waals surface area contributed by atoms with Gasteiger partial charge in [0.05, 0.1) is 0 Å². The van der Waals surface area contributed by atoms with Crippen LogP contribution in [0.1, 0.15) is 77.6 Å². The molecule has 3 rings (SSSR count). The van der Waals surface area contributed by atoms with Crippen LogP contribution in [0.2, 0.25) is 0 Å². The molecular formula is C17H28O. The second-order valence-electron chi connectivity index (χ2n) is 7.54. The first-order valence-corrected chi connectivity index (χ1v) is 8.20. The first-order valence-electron chi connectivity index (χ1n) is 8.20. The average molecular weight is 248 g/mol. The summed E-state index contributed by atoms with van der Waals surface area (Å²) in [6.07, 6.45) is 14.2. The van der Waals surface area contributed by atoms with E-state index in [1.807, 2.05) is 0 Å². The van der Waals surface area contributed by atoms with E-state index in [9.17, 15) is 4.79 Å². The van der Waals surface area contributed by atoms with Crippen LogP contribution < -0.4 is 0 Å². The number of Topliss-reactive ketones (excluding diaryl/α,β-unsaturated/α-hetero) is 1. The number of hydrogen-bond donors (Lipinski definition) is 0. The standard InChI is InChI=1S/C17H28O/c1-17(12-13-7-8-15(17)11-13)10-9-16(18)14-5-3-2-4-6-14/h13-15H,2-12H2,1H3. The topological polar surface area (TPSA) is 17.1 Å². The van der Waals surface area contributed by atoms with E-state index >= 15 is 0 Å². The highest BCUT2D eigenvalue weighted by Crippen LogP contribution is 2.57. The molecule has 0 radical (unpaired) electrons. The summed E-state index contributed by atoms with van der Waals surface area (Å²) in [4.78, 5) is 12.3. The lowest BCUT2D eigenvalue weighted by Crippen LogP contribution is -2.26. The molecule has 3 saturated carbocycles. The van der Waals surface area contributed by atoms with Crippen LogP contribution in [0.3, 0.4) is 0 Å². The zero-order valence-electron chi connectivity index (χ0n) is 11.9. The molecule has 2 bridgehead atoms. The number of ketones is 1. The van der Waals surface area contributed by atoms with Gasteiger partial charge in [-0.15, -0.1) is 0 Å². The molecule has 0 heterocycles. The molecule has 3 unspecified atom stereocenters. The number of carbonyl (C=O) groups is 1. The minimum absolute atomic E-state index is 0.431. The molecule has 1 nitrogen and oxygen atoms in total. The quantitative estimate of drug-likeness (QED) is 0.702. The summed E-state index contributed by atoms with van der Waals surface area (Å²) >= 11 is 0. The van der Waals surface area contributed by atoms with Gasteiger partial charge in [0.25, 0.3) is 0 Å². The highest BCUT2D eigenvalue weighted by atomic mass is 16.1.